The zero-order valence-electron chi connectivity index (χ0n) is 13.2. The summed E-state index contributed by atoms with van der Waals surface area (Å²) >= 11 is 0. The minimum atomic E-state index is -4.03. The zero-order valence-corrected chi connectivity index (χ0v) is 14.1. The number of carbonyl (C=O) groups excluding carboxylic acids is 1. The zero-order chi connectivity index (χ0) is 17.5. The molecule has 0 saturated carbocycles. The Bertz CT molecular complexity index is 904. The highest BCUT2D eigenvalue weighted by Crippen LogP contribution is 2.31. The van der Waals surface area contributed by atoms with Crippen molar-refractivity contribution in [3.8, 4) is 5.75 Å². The lowest BCUT2D eigenvalue weighted by molar-refractivity contribution is 0.0853. The van der Waals surface area contributed by atoms with Gasteiger partial charge in [-0.15, -0.1) is 0 Å². The number of aryl methyl sites for hydroxylation is 2. The summed E-state index contributed by atoms with van der Waals surface area (Å²) < 4.78 is 44.9. The molecule has 1 aliphatic heterocycles. The number of ether oxygens (including phenoxy) is 1. The van der Waals surface area contributed by atoms with Crippen molar-refractivity contribution in [3.63, 3.8) is 0 Å². The van der Waals surface area contributed by atoms with Crippen molar-refractivity contribution in [2.24, 2.45) is 0 Å². The number of nitrogens with zero attached hydrogens (tertiary/aromatic N) is 1. The average Bonchev–Trinajstić information content (AvgIpc) is 2.71. The molecule has 0 radical (unpaired) electrons. The van der Waals surface area contributed by atoms with Crippen LogP contribution in [0.15, 0.2) is 41.3 Å². The van der Waals surface area contributed by atoms with Crippen LogP contribution in [0.5, 0.6) is 5.75 Å². The molecule has 0 saturated heterocycles. The molecule has 0 bridgehead atoms. The number of hydrogen-bond acceptors (Lipinski definition) is 4. The minimum absolute atomic E-state index is 0.00767. The Hall–Kier alpha value is -2.41. The van der Waals surface area contributed by atoms with E-state index < -0.39 is 27.3 Å². The lowest BCUT2D eigenvalue weighted by Gasteiger charge is -2.17. The van der Waals surface area contributed by atoms with Crippen LogP contribution in [0.25, 0.3) is 0 Å². The fourth-order valence-corrected chi connectivity index (χ4v) is 4.31. The highest BCUT2D eigenvalue weighted by molar-refractivity contribution is 7.90. The molecule has 0 fully saturated rings. The van der Waals surface area contributed by atoms with E-state index in [4.69, 9.17) is 4.74 Å². The van der Waals surface area contributed by atoms with Gasteiger partial charge in [-0.1, -0.05) is 24.3 Å². The third-order valence-electron chi connectivity index (χ3n) is 3.93. The van der Waals surface area contributed by atoms with Gasteiger partial charge in [-0.2, -0.15) is 0 Å². The van der Waals surface area contributed by atoms with E-state index in [0.717, 1.165) is 17.2 Å². The number of sulfonamides is 1. The van der Waals surface area contributed by atoms with Crippen molar-refractivity contribution in [1.29, 1.82) is 0 Å². The summed E-state index contributed by atoms with van der Waals surface area (Å²) in [4.78, 5) is 12.0. The van der Waals surface area contributed by atoms with Gasteiger partial charge in [0.15, 0.2) is 0 Å². The third kappa shape index (κ3) is 2.54. The molecule has 0 aromatic heterocycles. The van der Waals surface area contributed by atoms with Gasteiger partial charge in [0, 0.05) is 0 Å². The maximum Gasteiger partial charge on any atom is 0.272 e. The Morgan fingerprint density at radius 1 is 1.08 bits per heavy atom. The molecule has 0 N–H and O–H groups in total. The number of hydrogen-bond donors (Lipinski definition) is 0. The Morgan fingerprint density at radius 2 is 1.71 bits per heavy atom. The molecule has 2 aromatic rings. The molecule has 1 amide bonds. The fourth-order valence-electron chi connectivity index (χ4n) is 2.76. The van der Waals surface area contributed by atoms with E-state index in [-0.39, 0.29) is 18.0 Å². The second kappa shape index (κ2) is 5.90. The molecule has 7 heteroatoms. The van der Waals surface area contributed by atoms with Gasteiger partial charge in [-0.25, -0.2) is 17.1 Å². The SMILES string of the molecule is Cc1cccc(C)c1OCCN1C(=O)c2c(F)cccc2S1(=O)=O. The van der Waals surface area contributed by atoms with E-state index in [9.17, 15) is 17.6 Å². The van der Waals surface area contributed by atoms with Crippen LogP contribution in [-0.4, -0.2) is 31.8 Å². The van der Waals surface area contributed by atoms with Gasteiger partial charge < -0.3 is 4.74 Å². The lowest BCUT2D eigenvalue weighted by Crippen LogP contribution is -2.34. The summed E-state index contributed by atoms with van der Waals surface area (Å²) in [7, 11) is -4.03. The van der Waals surface area contributed by atoms with E-state index in [2.05, 4.69) is 0 Å². The van der Waals surface area contributed by atoms with E-state index >= 15 is 0 Å². The van der Waals surface area contributed by atoms with E-state index in [0.29, 0.717) is 10.1 Å². The number of benzene rings is 2. The quantitative estimate of drug-likeness (QED) is 0.851. The number of halogens is 1. The van der Waals surface area contributed by atoms with E-state index in [1.807, 2.05) is 32.0 Å². The monoisotopic (exact) mass is 349 g/mol. The summed E-state index contributed by atoms with van der Waals surface area (Å²) in [5.74, 6) is -1.03. The summed E-state index contributed by atoms with van der Waals surface area (Å²) in [6.07, 6.45) is 0. The van der Waals surface area contributed by atoms with Crippen molar-refractivity contribution < 1.29 is 22.3 Å². The molecule has 126 valence electrons. The predicted molar refractivity (Wildman–Crippen MR) is 86.0 cm³/mol. The predicted octanol–water partition coefficient (Wildman–Crippen LogP) is 2.67. The second-order valence-electron chi connectivity index (χ2n) is 5.56. The average molecular weight is 349 g/mol. The van der Waals surface area contributed by atoms with Crippen LogP contribution >= 0.6 is 0 Å². The number of carbonyl (C=O) groups is 1. The van der Waals surface area contributed by atoms with Crippen LogP contribution < -0.4 is 4.74 Å². The van der Waals surface area contributed by atoms with Gasteiger partial charge in [0.1, 0.15) is 23.1 Å². The number of para-hydroxylation sites is 1. The lowest BCUT2D eigenvalue weighted by atomic mass is 10.1. The molecular formula is C17H16FNO4S. The van der Waals surface area contributed by atoms with Crippen LogP contribution in [0.2, 0.25) is 0 Å². The molecule has 1 heterocycles. The maximum atomic E-state index is 13.8. The van der Waals surface area contributed by atoms with Gasteiger partial charge in [-0.3, -0.25) is 4.79 Å². The Kier molecular flexibility index (Phi) is 4.04. The molecule has 0 atom stereocenters. The molecule has 0 aliphatic carbocycles. The standard InChI is InChI=1S/C17H16FNO4S/c1-11-5-3-6-12(2)16(11)23-10-9-19-17(20)15-13(18)7-4-8-14(15)24(19,21)22/h3-8H,9-10H2,1-2H3. The van der Waals surface area contributed by atoms with E-state index in [1.54, 1.807) is 0 Å². The smallest absolute Gasteiger partial charge is 0.272 e. The molecule has 0 unspecified atom stereocenters. The van der Waals surface area contributed by atoms with Gasteiger partial charge >= 0.3 is 0 Å². The van der Waals surface area contributed by atoms with Crippen molar-refractivity contribution in [3.05, 3.63) is 58.9 Å². The van der Waals surface area contributed by atoms with Gasteiger partial charge in [0.05, 0.1) is 12.1 Å². The summed E-state index contributed by atoms with van der Waals surface area (Å²) in [6, 6.07) is 9.23. The maximum absolute atomic E-state index is 13.8. The van der Waals surface area contributed by atoms with Crippen LogP contribution in [0, 0.1) is 19.7 Å². The Morgan fingerprint density at radius 3 is 2.33 bits per heavy atom. The highest BCUT2D eigenvalue weighted by Gasteiger charge is 2.42. The summed E-state index contributed by atoms with van der Waals surface area (Å²) in [6.45, 7) is 3.58. The molecule has 1 aliphatic rings. The number of amides is 1. The molecule has 24 heavy (non-hydrogen) atoms. The Labute approximate surface area is 139 Å². The van der Waals surface area contributed by atoms with Crippen LogP contribution in [-0.2, 0) is 10.0 Å². The van der Waals surface area contributed by atoms with Crippen molar-refractivity contribution in [1.82, 2.24) is 4.31 Å². The first-order chi connectivity index (χ1) is 11.3. The largest absolute Gasteiger partial charge is 0.491 e. The van der Waals surface area contributed by atoms with E-state index in [1.165, 1.54) is 12.1 Å². The second-order valence-corrected chi connectivity index (χ2v) is 7.40. The van der Waals surface area contributed by atoms with Crippen molar-refractivity contribution >= 4 is 15.9 Å². The van der Waals surface area contributed by atoms with Gasteiger partial charge in [0.2, 0.25) is 0 Å². The normalized spacial score (nSPS) is 15.5. The van der Waals surface area contributed by atoms with Crippen molar-refractivity contribution in [2.45, 2.75) is 18.7 Å². The first-order valence-electron chi connectivity index (χ1n) is 7.38. The molecule has 2 aromatic carbocycles. The van der Waals surface area contributed by atoms with Crippen LogP contribution in [0.4, 0.5) is 4.39 Å². The summed E-state index contributed by atoms with van der Waals surface area (Å²) in [5, 5.41) is 0. The van der Waals surface area contributed by atoms with Crippen LogP contribution in [0.3, 0.4) is 0 Å². The first-order valence-corrected chi connectivity index (χ1v) is 8.82. The van der Waals surface area contributed by atoms with Crippen LogP contribution in [0.1, 0.15) is 21.5 Å². The molecule has 5 nitrogen and oxygen atoms in total. The van der Waals surface area contributed by atoms with Crippen molar-refractivity contribution in [2.75, 3.05) is 13.2 Å². The first kappa shape index (κ1) is 16.4. The molecular weight excluding hydrogens is 333 g/mol. The Balaban J connectivity index is 1.80. The van der Waals surface area contributed by atoms with Gasteiger partial charge in [0.25, 0.3) is 15.9 Å². The third-order valence-corrected chi connectivity index (χ3v) is 5.76. The van der Waals surface area contributed by atoms with Gasteiger partial charge in [-0.05, 0) is 37.1 Å². The summed E-state index contributed by atoms with van der Waals surface area (Å²) in [5.41, 5.74) is 1.43. The number of fused-ring (bicyclic) bond motifs is 1. The fraction of sp³-hybridized carbons (Fsp3) is 0.235. The molecule has 0 spiro atoms. The molecule has 3 rings (SSSR count). The topological polar surface area (TPSA) is 63.7 Å². The minimum Gasteiger partial charge on any atom is -0.491 e. The number of rotatable bonds is 4. The highest BCUT2D eigenvalue weighted by atomic mass is 32.2.